The molecule has 0 saturated carbocycles. The number of carbonyl (C=O) groups excluding carboxylic acids is 1. The number of amides is 1. The van der Waals surface area contributed by atoms with Crippen molar-refractivity contribution >= 4 is 5.91 Å². The summed E-state index contributed by atoms with van der Waals surface area (Å²) in [6.07, 6.45) is 2.43. The zero-order chi connectivity index (χ0) is 13.8. The zero-order valence-electron chi connectivity index (χ0n) is 11.1. The standard InChI is InChI=1S/C15H18N2O2/c1-11-5-6-12-13(9-11)14(10-16)17(15(12)19)7-3-2-4-8-18/h5-6,9,14,18H,2-4,7-8H2,1H3. The summed E-state index contributed by atoms with van der Waals surface area (Å²) in [4.78, 5) is 13.9. The first-order valence-electron chi connectivity index (χ1n) is 6.61. The van der Waals surface area contributed by atoms with Crippen LogP contribution in [0.15, 0.2) is 18.2 Å². The Labute approximate surface area is 113 Å². The van der Waals surface area contributed by atoms with Crippen LogP contribution in [0.5, 0.6) is 0 Å². The van der Waals surface area contributed by atoms with Crippen molar-refractivity contribution in [2.24, 2.45) is 0 Å². The molecule has 1 amide bonds. The Morgan fingerprint density at radius 1 is 1.37 bits per heavy atom. The van der Waals surface area contributed by atoms with Crippen LogP contribution >= 0.6 is 0 Å². The minimum absolute atomic E-state index is 0.0504. The molecular weight excluding hydrogens is 240 g/mol. The summed E-state index contributed by atoms with van der Waals surface area (Å²) in [7, 11) is 0. The lowest BCUT2D eigenvalue weighted by Gasteiger charge is -2.19. The van der Waals surface area contributed by atoms with Crippen LogP contribution in [0.1, 0.15) is 46.8 Å². The van der Waals surface area contributed by atoms with E-state index in [0.29, 0.717) is 12.1 Å². The maximum Gasteiger partial charge on any atom is 0.255 e. The fraction of sp³-hybridized carbons (Fsp3) is 0.467. The summed E-state index contributed by atoms with van der Waals surface area (Å²) >= 11 is 0. The van der Waals surface area contributed by atoms with Gasteiger partial charge in [0.05, 0.1) is 6.07 Å². The number of aliphatic hydroxyl groups excluding tert-OH is 1. The normalized spacial score (nSPS) is 17.4. The molecule has 19 heavy (non-hydrogen) atoms. The monoisotopic (exact) mass is 258 g/mol. The molecule has 0 radical (unpaired) electrons. The topological polar surface area (TPSA) is 64.3 Å². The van der Waals surface area contributed by atoms with Gasteiger partial charge < -0.3 is 10.0 Å². The molecule has 0 aromatic heterocycles. The number of hydrogen-bond acceptors (Lipinski definition) is 3. The summed E-state index contributed by atoms with van der Waals surface area (Å²) < 4.78 is 0. The van der Waals surface area contributed by atoms with Gasteiger partial charge in [-0.25, -0.2) is 0 Å². The van der Waals surface area contributed by atoms with Gasteiger partial charge in [0.2, 0.25) is 0 Å². The average Bonchev–Trinajstić information content (AvgIpc) is 2.66. The Morgan fingerprint density at radius 2 is 2.16 bits per heavy atom. The molecule has 4 heteroatoms. The van der Waals surface area contributed by atoms with E-state index in [2.05, 4.69) is 6.07 Å². The van der Waals surface area contributed by atoms with E-state index in [9.17, 15) is 10.1 Å². The number of benzene rings is 1. The first kappa shape index (κ1) is 13.6. The molecule has 1 unspecified atom stereocenters. The molecule has 100 valence electrons. The number of nitriles is 1. The fourth-order valence-corrected chi connectivity index (χ4v) is 2.48. The molecule has 4 nitrogen and oxygen atoms in total. The van der Waals surface area contributed by atoms with Gasteiger partial charge in [-0.2, -0.15) is 5.26 Å². The average molecular weight is 258 g/mol. The van der Waals surface area contributed by atoms with Crippen molar-refractivity contribution < 1.29 is 9.90 Å². The molecule has 1 aliphatic rings. The van der Waals surface area contributed by atoms with Crippen LogP contribution < -0.4 is 0 Å². The van der Waals surface area contributed by atoms with E-state index in [1.807, 2.05) is 25.1 Å². The van der Waals surface area contributed by atoms with E-state index in [0.717, 1.165) is 30.4 Å². The predicted octanol–water partition coefficient (Wildman–Crippen LogP) is 2.18. The molecule has 1 atom stereocenters. The van der Waals surface area contributed by atoms with Crippen molar-refractivity contribution in [2.45, 2.75) is 32.2 Å². The third-order valence-corrected chi connectivity index (χ3v) is 3.48. The van der Waals surface area contributed by atoms with E-state index >= 15 is 0 Å². The first-order chi connectivity index (χ1) is 9.19. The Morgan fingerprint density at radius 3 is 2.84 bits per heavy atom. The van der Waals surface area contributed by atoms with Gasteiger partial charge >= 0.3 is 0 Å². The number of unbranched alkanes of at least 4 members (excludes halogenated alkanes) is 2. The number of aryl methyl sites for hydroxylation is 1. The van der Waals surface area contributed by atoms with Crippen LogP contribution in [-0.4, -0.2) is 29.1 Å². The van der Waals surface area contributed by atoms with Gasteiger partial charge in [-0.15, -0.1) is 0 Å². The summed E-state index contributed by atoms with van der Waals surface area (Å²) in [6.45, 7) is 2.71. The van der Waals surface area contributed by atoms with E-state index in [1.165, 1.54) is 0 Å². The Bertz CT molecular complexity index is 519. The van der Waals surface area contributed by atoms with Gasteiger partial charge in [0.1, 0.15) is 6.04 Å². The Kier molecular flexibility index (Phi) is 4.18. The SMILES string of the molecule is Cc1ccc2c(c1)C(C#N)N(CCCCCO)C2=O. The second kappa shape index (κ2) is 5.85. The largest absolute Gasteiger partial charge is 0.396 e. The van der Waals surface area contributed by atoms with E-state index < -0.39 is 6.04 Å². The number of carbonyl (C=O) groups is 1. The molecule has 1 aliphatic heterocycles. The zero-order valence-corrected chi connectivity index (χ0v) is 11.1. The summed E-state index contributed by atoms with van der Waals surface area (Å²) in [5, 5.41) is 18.1. The lowest BCUT2D eigenvalue weighted by atomic mass is 10.0. The molecule has 0 bridgehead atoms. The van der Waals surface area contributed by atoms with Gasteiger partial charge in [0.15, 0.2) is 0 Å². The Balaban J connectivity index is 2.15. The lowest BCUT2D eigenvalue weighted by Crippen LogP contribution is -2.28. The quantitative estimate of drug-likeness (QED) is 0.823. The fourth-order valence-electron chi connectivity index (χ4n) is 2.48. The molecule has 0 fully saturated rings. The van der Waals surface area contributed by atoms with Crippen molar-refractivity contribution in [2.75, 3.05) is 13.2 Å². The van der Waals surface area contributed by atoms with Crippen molar-refractivity contribution in [1.82, 2.24) is 4.90 Å². The Hall–Kier alpha value is -1.86. The third-order valence-electron chi connectivity index (χ3n) is 3.48. The maximum atomic E-state index is 12.3. The van der Waals surface area contributed by atoms with Crippen LogP contribution in [-0.2, 0) is 0 Å². The first-order valence-corrected chi connectivity index (χ1v) is 6.61. The highest BCUT2D eigenvalue weighted by molar-refractivity contribution is 5.99. The maximum absolute atomic E-state index is 12.3. The van der Waals surface area contributed by atoms with Gasteiger partial charge in [-0.1, -0.05) is 17.7 Å². The van der Waals surface area contributed by atoms with E-state index in [4.69, 9.17) is 5.11 Å². The number of rotatable bonds is 5. The van der Waals surface area contributed by atoms with Crippen molar-refractivity contribution in [3.63, 3.8) is 0 Å². The number of hydrogen-bond donors (Lipinski definition) is 1. The minimum atomic E-state index is -0.462. The summed E-state index contributed by atoms with van der Waals surface area (Å²) in [6, 6.07) is 7.40. The molecule has 2 rings (SSSR count). The van der Waals surface area contributed by atoms with Crippen molar-refractivity contribution in [3.05, 3.63) is 34.9 Å². The summed E-state index contributed by atoms with van der Waals surface area (Å²) in [5.74, 6) is -0.0504. The van der Waals surface area contributed by atoms with E-state index in [1.54, 1.807) is 4.90 Å². The molecule has 1 aromatic carbocycles. The number of fused-ring (bicyclic) bond motifs is 1. The molecule has 1 aromatic rings. The van der Waals surface area contributed by atoms with Gasteiger partial charge in [0, 0.05) is 24.3 Å². The molecular formula is C15H18N2O2. The van der Waals surface area contributed by atoms with Gasteiger partial charge in [-0.05, 0) is 32.3 Å². The van der Waals surface area contributed by atoms with Crippen LogP contribution in [0.2, 0.25) is 0 Å². The van der Waals surface area contributed by atoms with Crippen molar-refractivity contribution in [3.8, 4) is 6.07 Å². The van der Waals surface area contributed by atoms with E-state index in [-0.39, 0.29) is 12.5 Å². The van der Waals surface area contributed by atoms with Crippen LogP contribution in [0.25, 0.3) is 0 Å². The van der Waals surface area contributed by atoms with Gasteiger partial charge in [0.25, 0.3) is 5.91 Å². The molecule has 0 aliphatic carbocycles. The summed E-state index contributed by atoms with van der Waals surface area (Å²) in [5.41, 5.74) is 2.54. The van der Waals surface area contributed by atoms with Crippen LogP contribution in [0.4, 0.5) is 0 Å². The van der Waals surface area contributed by atoms with Gasteiger partial charge in [-0.3, -0.25) is 4.79 Å². The third kappa shape index (κ3) is 2.61. The van der Waals surface area contributed by atoms with Crippen LogP contribution in [0, 0.1) is 18.3 Å². The molecule has 0 spiro atoms. The molecule has 1 N–H and O–H groups in total. The number of nitrogens with zero attached hydrogens (tertiary/aromatic N) is 2. The number of aliphatic hydroxyl groups is 1. The lowest BCUT2D eigenvalue weighted by molar-refractivity contribution is 0.0754. The van der Waals surface area contributed by atoms with Crippen LogP contribution in [0.3, 0.4) is 0 Å². The second-order valence-corrected chi connectivity index (χ2v) is 4.91. The highest BCUT2D eigenvalue weighted by Crippen LogP contribution is 2.33. The minimum Gasteiger partial charge on any atom is -0.396 e. The second-order valence-electron chi connectivity index (χ2n) is 4.91. The van der Waals surface area contributed by atoms with Crippen molar-refractivity contribution in [1.29, 1.82) is 5.26 Å². The highest BCUT2D eigenvalue weighted by Gasteiger charge is 2.36. The highest BCUT2D eigenvalue weighted by atomic mass is 16.2. The smallest absolute Gasteiger partial charge is 0.255 e. The predicted molar refractivity (Wildman–Crippen MR) is 71.5 cm³/mol. The molecule has 0 saturated heterocycles. The molecule has 1 heterocycles.